The van der Waals surface area contributed by atoms with E-state index in [4.69, 9.17) is 10.00 Å². The molecule has 13 heavy (non-hydrogen) atoms. The van der Waals surface area contributed by atoms with Crippen LogP contribution >= 0.6 is 0 Å². The topological polar surface area (TPSA) is 45.0 Å². The SMILES string of the molecule is CC(C)CC1(C)CNCC(C#N)O1. The number of nitriles is 1. The molecule has 1 N–H and O–H groups in total. The van der Waals surface area contributed by atoms with E-state index in [1.807, 2.05) is 0 Å². The van der Waals surface area contributed by atoms with Crippen molar-refractivity contribution >= 4 is 0 Å². The number of nitrogens with one attached hydrogen (secondary N) is 1. The first-order valence-corrected chi connectivity index (χ1v) is 4.84. The summed E-state index contributed by atoms with van der Waals surface area (Å²) < 4.78 is 5.71. The van der Waals surface area contributed by atoms with E-state index in [1.165, 1.54) is 0 Å². The van der Waals surface area contributed by atoms with Crippen LogP contribution in [0.15, 0.2) is 0 Å². The highest BCUT2D eigenvalue weighted by Crippen LogP contribution is 2.24. The largest absolute Gasteiger partial charge is 0.354 e. The third-order valence-electron chi connectivity index (χ3n) is 2.24. The molecule has 0 radical (unpaired) electrons. The number of ether oxygens (including phenoxy) is 1. The molecule has 0 spiro atoms. The van der Waals surface area contributed by atoms with Gasteiger partial charge in [-0.15, -0.1) is 0 Å². The Bertz CT molecular complexity index is 209. The first-order chi connectivity index (χ1) is 6.06. The second-order valence-corrected chi connectivity index (χ2v) is 4.41. The lowest BCUT2D eigenvalue weighted by Crippen LogP contribution is -2.52. The van der Waals surface area contributed by atoms with Gasteiger partial charge in [0.15, 0.2) is 6.10 Å². The molecule has 0 bridgehead atoms. The van der Waals surface area contributed by atoms with E-state index < -0.39 is 0 Å². The Morgan fingerprint density at radius 3 is 2.92 bits per heavy atom. The second kappa shape index (κ2) is 4.08. The fourth-order valence-electron chi connectivity index (χ4n) is 1.95. The van der Waals surface area contributed by atoms with Gasteiger partial charge in [-0.3, -0.25) is 0 Å². The predicted octanol–water partition coefficient (Wildman–Crippen LogP) is 1.30. The lowest BCUT2D eigenvalue weighted by atomic mass is 9.92. The summed E-state index contributed by atoms with van der Waals surface area (Å²) in [4.78, 5) is 0. The van der Waals surface area contributed by atoms with Crippen LogP contribution in [0.2, 0.25) is 0 Å². The minimum Gasteiger partial charge on any atom is -0.354 e. The van der Waals surface area contributed by atoms with Gasteiger partial charge in [-0.05, 0) is 19.3 Å². The zero-order valence-corrected chi connectivity index (χ0v) is 8.63. The maximum atomic E-state index is 8.74. The monoisotopic (exact) mass is 182 g/mol. The van der Waals surface area contributed by atoms with Crippen molar-refractivity contribution in [2.45, 2.75) is 38.9 Å². The third kappa shape index (κ3) is 2.98. The van der Waals surface area contributed by atoms with Gasteiger partial charge in [-0.2, -0.15) is 5.26 Å². The van der Waals surface area contributed by atoms with Crippen LogP contribution in [0.3, 0.4) is 0 Å². The van der Waals surface area contributed by atoms with Gasteiger partial charge >= 0.3 is 0 Å². The van der Waals surface area contributed by atoms with E-state index in [2.05, 4.69) is 32.2 Å². The summed E-state index contributed by atoms with van der Waals surface area (Å²) in [6.45, 7) is 7.92. The van der Waals surface area contributed by atoms with Gasteiger partial charge < -0.3 is 10.1 Å². The number of nitrogens with zero attached hydrogens (tertiary/aromatic N) is 1. The predicted molar refractivity (Wildman–Crippen MR) is 51.2 cm³/mol. The van der Waals surface area contributed by atoms with Crippen molar-refractivity contribution in [2.24, 2.45) is 5.92 Å². The molecule has 1 aliphatic heterocycles. The summed E-state index contributed by atoms with van der Waals surface area (Å²) in [5, 5.41) is 12.0. The highest BCUT2D eigenvalue weighted by molar-refractivity contribution is 4.95. The summed E-state index contributed by atoms with van der Waals surface area (Å²) >= 11 is 0. The molecule has 74 valence electrons. The van der Waals surface area contributed by atoms with Gasteiger partial charge in [0.2, 0.25) is 0 Å². The summed E-state index contributed by atoms with van der Waals surface area (Å²) in [7, 11) is 0. The maximum absolute atomic E-state index is 8.74. The van der Waals surface area contributed by atoms with Crippen LogP contribution in [-0.4, -0.2) is 24.8 Å². The zero-order chi connectivity index (χ0) is 9.90. The van der Waals surface area contributed by atoms with Crippen molar-refractivity contribution in [3.63, 3.8) is 0 Å². The summed E-state index contributed by atoms with van der Waals surface area (Å²) in [6, 6.07) is 2.15. The zero-order valence-electron chi connectivity index (χ0n) is 8.63. The van der Waals surface area contributed by atoms with Crippen molar-refractivity contribution in [2.75, 3.05) is 13.1 Å². The molecule has 1 aliphatic rings. The summed E-state index contributed by atoms with van der Waals surface area (Å²) in [5.41, 5.74) is -0.160. The second-order valence-electron chi connectivity index (χ2n) is 4.41. The fourth-order valence-corrected chi connectivity index (χ4v) is 1.95. The highest BCUT2D eigenvalue weighted by atomic mass is 16.5. The molecular weight excluding hydrogens is 164 g/mol. The number of rotatable bonds is 2. The van der Waals surface area contributed by atoms with Gasteiger partial charge in [0.1, 0.15) is 0 Å². The average molecular weight is 182 g/mol. The van der Waals surface area contributed by atoms with Crippen LogP contribution in [0, 0.1) is 17.2 Å². The van der Waals surface area contributed by atoms with E-state index in [0.717, 1.165) is 13.0 Å². The van der Waals surface area contributed by atoms with E-state index >= 15 is 0 Å². The van der Waals surface area contributed by atoms with Crippen LogP contribution in [0.1, 0.15) is 27.2 Å². The van der Waals surface area contributed by atoms with Crippen LogP contribution in [-0.2, 0) is 4.74 Å². The smallest absolute Gasteiger partial charge is 0.157 e. The molecule has 0 aromatic heterocycles. The standard InChI is InChI=1S/C10H18N2O/c1-8(2)4-10(3)7-12-6-9(5-11)13-10/h8-9,12H,4,6-7H2,1-3H3. The lowest BCUT2D eigenvalue weighted by molar-refractivity contribution is -0.0929. The molecule has 0 amide bonds. The molecule has 1 rings (SSSR count). The molecule has 2 unspecified atom stereocenters. The van der Waals surface area contributed by atoms with E-state index in [0.29, 0.717) is 12.5 Å². The minimum atomic E-state index is -0.280. The molecule has 1 heterocycles. The van der Waals surface area contributed by atoms with Crippen LogP contribution in [0.25, 0.3) is 0 Å². The molecule has 1 saturated heterocycles. The molecule has 0 saturated carbocycles. The van der Waals surface area contributed by atoms with E-state index in [1.54, 1.807) is 0 Å². The minimum absolute atomic E-state index is 0.160. The summed E-state index contributed by atoms with van der Waals surface area (Å²) in [6.07, 6.45) is 0.718. The molecule has 2 atom stereocenters. The Hall–Kier alpha value is -0.590. The molecule has 0 aromatic carbocycles. The number of morpholine rings is 1. The first-order valence-electron chi connectivity index (χ1n) is 4.84. The van der Waals surface area contributed by atoms with E-state index in [-0.39, 0.29) is 11.7 Å². The van der Waals surface area contributed by atoms with Crippen molar-refractivity contribution in [3.8, 4) is 6.07 Å². The van der Waals surface area contributed by atoms with Gasteiger partial charge in [-0.1, -0.05) is 13.8 Å². The van der Waals surface area contributed by atoms with E-state index in [9.17, 15) is 0 Å². The molecule has 1 fully saturated rings. The molecule has 0 aliphatic carbocycles. The Kier molecular flexibility index (Phi) is 3.29. The van der Waals surface area contributed by atoms with Crippen molar-refractivity contribution in [1.82, 2.24) is 5.32 Å². The average Bonchev–Trinajstić information content (AvgIpc) is 2.02. The molecule has 0 aromatic rings. The Morgan fingerprint density at radius 2 is 2.38 bits per heavy atom. The van der Waals surface area contributed by atoms with Crippen molar-refractivity contribution in [3.05, 3.63) is 0 Å². The van der Waals surface area contributed by atoms with Gasteiger partial charge in [0.05, 0.1) is 11.7 Å². The summed E-state index contributed by atoms with van der Waals surface area (Å²) in [5.74, 6) is 0.601. The molecule has 3 heteroatoms. The first kappa shape index (κ1) is 10.5. The van der Waals surface area contributed by atoms with Gasteiger partial charge in [-0.25, -0.2) is 0 Å². The normalized spacial score (nSPS) is 34.5. The Balaban J connectivity index is 2.53. The number of hydrogen-bond donors (Lipinski definition) is 1. The van der Waals surface area contributed by atoms with Crippen molar-refractivity contribution in [1.29, 1.82) is 5.26 Å². The highest BCUT2D eigenvalue weighted by Gasteiger charge is 2.33. The number of hydrogen-bond acceptors (Lipinski definition) is 3. The van der Waals surface area contributed by atoms with Crippen LogP contribution < -0.4 is 5.32 Å². The quantitative estimate of drug-likeness (QED) is 0.700. The fraction of sp³-hybridized carbons (Fsp3) is 0.900. The van der Waals surface area contributed by atoms with Crippen LogP contribution in [0.4, 0.5) is 0 Å². The van der Waals surface area contributed by atoms with Crippen LogP contribution in [0.5, 0.6) is 0 Å². The Labute approximate surface area is 80.1 Å². The van der Waals surface area contributed by atoms with Gasteiger partial charge in [0.25, 0.3) is 0 Å². The Morgan fingerprint density at radius 1 is 1.69 bits per heavy atom. The lowest BCUT2D eigenvalue weighted by Gasteiger charge is -2.38. The maximum Gasteiger partial charge on any atom is 0.157 e. The molecular formula is C10H18N2O. The third-order valence-corrected chi connectivity index (χ3v) is 2.24. The molecule has 3 nitrogen and oxygen atoms in total. The van der Waals surface area contributed by atoms with Crippen molar-refractivity contribution < 1.29 is 4.74 Å². The van der Waals surface area contributed by atoms with Gasteiger partial charge in [0, 0.05) is 13.1 Å².